The number of nitrogens with one attached hydrogen (secondary N) is 1. The van der Waals surface area contributed by atoms with E-state index in [1.807, 2.05) is 0 Å². The van der Waals surface area contributed by atoms with Crippen molar-refractivity contribution >= 4 is 11.6 Å². The first kappa shape index (κ1) is 17.2. The van der Waals surface area contributed by atoms with Crippen LogP contribution in [0.15, 0.2) is 43.1 Å². The summed E-state index contributed by atoms with van der Waals surface area (Å²) in [6, 6.07) is 4.24. The summed E-state index contributed by atoms with van der Waals surface area (Å²) in [5.74, 6) is 0.230. The molecular formula is C18H16F2N6O. The fourth-order valence-electron chi connectivity index (χ4n) is 2.78. The van der Waals surface area contributed by atoms with Gasteiger partial charge in [0.25, 0.3) is 12.3 Å². The van der Waals surface area contributed by atoms with Gasteiger partial charge < -0.3 is 5.32 Å². The molecule has 1 fully saturated rings. The molecule has 0 atom stereocenters. The molecule has 4 rings (SSSR count). The van der Waals surface area contributed by atoms with E-state index in [0.717, 1.165) is 25.0 Å². The number of hydrogen-bond donors (Lipinski definition) is 1. The van der Waals surface area contributed by atoms with Crippen molar-refractivity contribution in [3.63, 3.8) is 0 Å². The molecule has 3 aromatic heterocycles. The predicted molar refractivity (Wildman–Crippen MR) is 92.9 cm³/mol. The van der Waals surface area contributed by atoms with Crippen LogP contribution in [0.5, 0.6) is 0 Å². The summed E-state index contributed by atoms with van der Waals surface area (Å²) in [5.41, 5.74) is 0.992. The van der Waals surface area contributed by atoms with E-state index in [0.29, 0.717) is 17.6 Å². The highest BCUT2D eigenvalue weighted by Crippen LogP contribution is 2.35. The van der Waals surface area contributed by atoms with Gasteiger partial charge in [0.05, 0.1) is 11.9 Å². The number of alkyl halides is 2. The van der Waals surface area contributed by atoms with E-state index >= 15 is 0 Å². The minimum Gasteiger partial charge on any atom is -0.319 e. The minimum atomic E-state index is -2.65. The van der Waals surface area contributed by atoms with E-state index in [1.165, 1.54) is 18.3 Å². The van der Waals surface area contributed by atoms with E-state index in [4.69, 9.17) is 0 Å². The smallest absolute Gasteiger partial charge is 0.280 e. The highest BCUT2D eigenvalue weighted by Gasteiger charge is 2.24. The Bertz CT molecular complexity index is 939. The van der Waals surface area contributed by atoms with Crippen molar-refractivity contribution in [3.8, 4) is 5.95 Å². The first-order chi connectivity index (χ1) is 13.1. The number of rotatable bonds is 5. The number of amides is 1. The molecule has 1 aliphatic rings. The summed E-state index contributed by atoms with van der Waals surface area (Å²) >= 11 is 0. The van der Waals surface area contributed by atoms with Crippen LogP contribution in [0.1, 0.15) is 53.5 Å². The molecule has 0 aliphatic heterocycles. The lowest BCUT2D eigenvalue weighted by atomic mass is 9.82. The second-order valence-corrected chi connectivity index (χ2v) is 6.30. The van der Waals surface area contributed by atoms with Crippen LogP contribution in [0.3, 0.4) is 0 Å². The average Bonchev–Trinajstić information content (AvgIpc) is 3.15. The van der Waals surface area contributed by atoms with Crippen molar-refractivity contribution in [2.75, 3.05) is 5.32 Å². The Kier molecular flexibility index (Phi) is 4.57. The second kappa shape index (κ2) is 7.18. The van der Waals surface area contributed by atoms with Crippen LogP contribution in [0.25, 0.3) is 5.95 Å². The SMILES string of the molecule is O=C(Nc1ccc(C(F)F)nc1)c1cc(C2CCC2)nc(-n2ccnc2)n1. The first-order valence-electron chi connectivity index (χ1n) is 8.53. The summed E-state index contributed by atoms with van der Waals surface area (Å²) in [6.45, 7) is 0. The molecule has 27 heavy (non-hydrogen) atoms. The molecule has 1 N–H and O–H groups in total. The third-order valence-corrected chi connectivity index (χ3v) is 4.49. The van der Waals surface area contributed by atoms with E-state index in [-0.39, 0.29) is 11.4 Å². The molecule has 0 unspecified atom stereocenters. The highest BCUT2D eigenvalue weighted by atomic mass is 19.3. The molecule has 0 spiro atoms. The predicted octanol–water partition coefficient (Wildman–Crippen LogP) is 3.51. The van der Waals surface area contributed by atoms with Crippen LogP contribution < -0.4 is 5.32 Å². The van der Waals surface area contributed by atoms with Gasteiger partial charge in [-0.15, -0.1) is 0 Å². The van der Waals surface area contributed by atoms with Gasteiger partial charge >= 0.3 is 0 Å². The number of imidazole rings is 1. The van der Waals surface area contributed by atoms with Gasteiger partial charge in [0.2, 0.25) is 5.95 Å². The van der Waals surface area contributed by atoms with Gasteiger partial charge in [-0.2, -0.15) is 0 Å². The standard InChI is InChI=1S/C18H16F2N6O/c19-16(20)13-5-4-12(9-22-13)23-17(27)15-8-14(11-2-1-3-11)24-18(25-15)26-7-6-21-10-26/h4-11,16H,1-3H2,(H,23,27). The number of aromatic nitrogens is 5. The molecule has 1 saturated carbocycles. The zero-order valence-electron chi connectivity index (χ0n) is 14.2. The fraction of sp³-hybridized carbons (Fsp3) is 0.278. The Balaban J connectivity index is 1.61. The molecule has 1 amide bonds. The van der Waals surface area contributed by atoms with Crippen molar-refractivity contribution in [2.45, 2.75) is 31.6 Å². The maximum atomic E-state index is 12.6. The zero-order chi connectivity index (χ0) is 18.8. The molecular weight excluding hydrogens is 354 g/mol. The average molecular weight is 370 g/mol. The molecule has 3 heterocycles. The Hall–Kier alpha value is -3.23. The van der Waals surface area contributed by atoms with Crippen LogP contribution in [-0.2, 0) is 0 Å². The van der Waals surface area contributed by atoms with Crippen molar-refractivity contribution in [2.24, 2.45) is 0 Å². The number of hydrogen-bond acceptors (Lipinski definition) is 5. The van der Waals surface area contributed by atoms with Crippen LogP contribution in [-0.4, -0.2) is 30.4 Å². The Labute approximate surface area is 153 Å². The van der Waals surface area contributed by atoms with Crippen LogP contribution in [0.4, 0.5) is 14.5 Å². The third-order valence-electron chi connectivity index (χ3n) is 4.49. The van der Waals surface area contributed by atoms with Crippen LogP contribution in [0, 0.1) is 0 Å². The van der Waals surface area contributed by atoms with E-state index < -0.39 is 12.3 Å². The van der Waals surface area contributed by atoms with Crippen LogP contribution in [0.2, 0.25) is 0 Å². The zero-order valence-corrected chi connectivity index (χ0v) is 14.2. The molecule has 0 aromatic carbocycles. The number of anilines is 1. The molecule has 138 valence electrons. The lowest BCUT2D eigenvalue weighted by Gasteiger charge is -2.25. The Morgan fingerprint density at radius 1 is 1.26 bits per heavy atom. The van der Waals surface area contributed by atoms with E-state index in [1.54, 1.807) is 29.4 Å². The molecule has 0 saturated heterocycles. The van der Waals surface area contributed by atoms with Crippen molar-refractivity contribution < 1.29 is 13.6 Å². The summed E-state index contributed by atoms with van der Waals surface area (Å²) < 4.78 is 26.8. The van der Waals surface area contributed by atoms with Gasteiger partial charge in [0, 0.05) is 24.0 Å². The van der Waals surface area contributed by atoms with Crippen molar-refractivity contribution in [1.29, 1.82) is 0 Å². The lowest BCUT2D eigenvalue weighted by Crippen LogP contribution is -2.19. The van der Waals surface area contributed by atoms with Gasteiger partial charge in [0.1, 0.15) is 17.7 Å². The van der Waals surface area contributed by atoms with Gasteiger partial charge in [0.15, 0.2) is 0 Å². The van der Waals surface area contributed by atoms with Gasteiger partial charge in [-0.25, -0.2) is 23.7 Å². The molecule has 3 aromatic rings. The summed E-state index contributed by atoms with van der Waals surface area (Å²) in [4.78, 5) is 29.1. The quantitative estimate of drug-likeness (QED) is 0.743. The summed E-state index contributed by atoms with van der Waals surface area (Å²) in [7, 11) is 0. The molecule has 7 nitrogen and oxygen atoms in total. The summed E-state index contributed by atoms with van der Waals surface area (Å²) in [5, 5.41) is 2.64. The topological polar surface area (TPSA) is 85.6 Å². The molecule has 9 heteroatoms. The number of carbonyl (C=O) groups is 1. The van der Waals surface area contributed by atoms with E-state index in [2.05, 4.69) is 25.3 Å². The molecule has 0 bridgehead atoms. The van der Waals surface area contributed by atoms with Crippen molar-refractivity contribution in [3.05, 3.63) is 60.2 Å². The highest BCUT2D eigenvalue weighted by molar-refractivity contribution is 6.02. The van der Waals surface area contributed by atoms with Crippen molar-refractivity contribution in [1.82, 2.24) is 24.5 Å². The first-order valence-corrected chi connectivity index (χ1v) is 8.53. The normalized spacial score (nSPS) is 14.2. The number of halogens is 2. The van der Waals surface area contributed by atoms with Crippen LogP contribution >= 0.6 is 0 Å². The second-order valence-electron chi connectivity index (χ2n) is 6.30. The number of pyridine rings is 1. The van der Waals surface area contributed by atoms with E-state index in [9.17, 15) is 13.6 Å². The fourth-order valence-corrected chi connectivity index (χ4v) is 2.78. The molecule has 0 radical (unpaired) electrons. The van der Waals surface area contributed by atoms with Gasteiger partial charge in [-0.3, -0.25) is 14.3 Å². The Morgan fingerprint density at radius 2 is 2.11 bits per heavy atom. The number of nitrogens with zero attached hydrogens (tertiary/aromatic N) is 5. The number of carbonyl (C=O) groups excluding carboxylic acids is 1. The maximum absolute atomic E-state index is 12.6. The monoisotopic (exact) mass is 370 g/mol. The lowest BCUT2D eigenvalue weighted by molar-refractivity contribution is 0.102. The minimum absolute atomic E-state index is 0.202. The third kappa shape index (κ3) is 3.67. The maximum Gasteiger partial charge on any atom is 0.280 e. The van der Waals surface area contributed by atoms with Gasteiger partial charge in [-0.05, 0) is 31.0 Å². The Morgan fingerprint density at radius 3 is 2.70 bits per heavy atom. The largest absolute Gasteiger partial charge is 0.319 e. The summed E-state index contributed by atoms with van der Waals surface area (Å²) in [6.07, 6.45) is 6.61. The van der Waals surface area contributed by atoms with Gasteiger partial charge in [-0.1, -0.05) is 6.42 Å². The molecule has 1 aliphatic carbocycles.